The van der Waals surface area contributed by atoms with Gasteiger partial charge in [-0.2, -0.15) is 0 Å². The summed E-state index contributed by atoms with van der Waals surface area (Å²) < 4.78 is 11.9. The molecule has 3 aromatic carbocycles. The van der Waals surface area contributed by atoms with Crippen molar-refractivity contribution in [2.75, 3.05) is 11.9 Å². The van der Waals surface area contributed by atoms with Crippen LogP contribution in [0.4, 0.5) is 5.69 Å². The van der Waals surface area contributed by atoms with Crippen LogP contribution in [0.3, 0.4) is 0 Å². The Labute approximate surface area is 189 Å². The molecule has 3 rings (SSSR count). The molecule has 31 heavy (non-hydrogen) atoms. The molecule has 0 aliphatic rings. The van der Waals surface area contributed by atoms with Crippen LogP contribution < -0.4 is 14.8 Å². The van der Waals surface area contributed by atoms with Crippen LogP contribution in [-0.2, 0) is 6.61 Å². The minimum atomic E-state index is -0.197. The molecular formula is C26H28ClNO3. The Morgan fingerprint density at radius 3 is 2.48 bits per heavy atom. The van der Waals surface area contributed by atoms with E-state index in [4.69, 9.17) is 21.1 Å². The number of halogens is 1. The molecule has 0 atom stereocenters. The molecule has 4 nitrogen and oxygen atoms in total. The molecule has 5 heteroatoms. The van der Waals surface area contributed by atoms with Crippen molar-refractivity contribution in [1.82, 2.24) is 0 Å². The minimum absolute atomic E-state index is 0.197. The SMILES string of the molecule is CCOc1ccc(C(=O)Nc2ccc(Cl)cc2C)cc1COc1ccccc1C(C)C. The molecule has 1 N–H and O–H groups in total. The molecule has 0 saturated heterocycles. The van der Waals surface area contributed by atoms with Gasteiger partial charge in [0.25, 0.3) is 5.91 Å². The fourth-order valence-electron chi connectivity index (χ4n) is 3.34. The number of rotatable bonds is 8. The first-order valence-electron chi connectivity index (χ1n) is 10.4. The van der Waals surface area contributed by atoms with Crippen molar-refractivity contribution in [2.45, 2.75) is 40.2 Å². The predicted molar refractivity (Wildman–Crippen MR) is 127 cm³/mol. The molecule has 0 saturated carbocycles. The number of para-hydroxylation sites is 1. The van der Waals surface area contributed by atoms with Gasteiger partial charge in [-0.25, -0.2) is 0 Å². The number of hydrogen-bond donors (Lipinski definition) is 1. The summed E-state index contributed by atoms with van der Waals surface area (Å²) in [7, 11) is 0. The maximum absolute atomic E-state index is 12.9. The van der Waals surface area contributed by atoms with Gasteiger partial charge in [-0.1, -0.05) is 43.6 Å². The molecule has 0 aliphatic heterocycles. The molecule has 0 aliphatic carbocycles. The lowest BCUT2D eigenvalue weighted by Gasteiger charge is -2.16. The van der Waals surface area contributed by atoms with Gasteiger partial charge in [-0.05, 0) is 73.4 Å². The largest absolute Gasteiger partial charge is 0.493 e. The summed E-state index contributed by atoms with van der Waals surface area (Å²) in [6.07, 6.45) is 0. The van der Waals surface area contributed by atoms with Gasteiger partial charge in [0, 0.05) is 21.8 Å². The molecule has 0 radical (unpaired) electrons. The van der Waals surface area contributed by atoms with Gasteiger partial charge >= 0.3 is 0 Å². The predicted octanol–water partition coefficient (Wildman–Crippen LogP) is 7.00. The smallest absolute Gasteiger partial charge is 0.255 e. The number of amides is 1. The molecule has 0 spiro atoms. The zero-order valence-corrected chi connectivity index (χ0v) is 19.1. The van der Waals surface area contributed by atoms with Crippen molar-refractivity contribution in [3.8, 4) is 11.5 Å². The highest BCUT2D eigenvalue weighted by Gasteiger charge is 2.14. The summed E-state index contributed by atoms with van der Waals surface area (Å²) in [5, 5.41) is 3.59. The number of aryl methyl sites for hydroxylation is 1. The van der Waals surface area contributed by atoms with Crippen molar-refractivity contribution in [2.24, 2.45) is 0 Å². The van der Waals surface area contributed by atoms with E-state index < -0.39 is 0 Å². The van der Waals surface area contributed by atoms with Gasteiger partial charge in [0.05, 0.1) is 6.61 Å². The van der Waals surface area contributed by atoms with E-state index in [2.05, 4.69) is 25.2 Å². The van der Waals surface area contributed by atoms with E-state index in [-0.39, 0.29) is 5.91 Å². The molecule has 1 amide bonds. The highest BCUT2D eigenvalue weighted by molar-refractivity contribution is 6.30. The lowest BCUT2D eigenvalue weighted by atomic mass is 10.0. The maximum atomic E-state index is 12.9. The summed E-state index contributed by atoms with van der Waals surface area (Å²) in [6.45, 7) is 8.95. The van der Waals surface area contributed by atoms with E-state index in [1.807, 2.05) is 50.2 Å². The molecule has 0 fully saturated rings. The van der Waals surface area contributed by atoms with Crippen LogP contribution in [-0.4, -0.2) is 12.5 Å². The quantitative estimate of drug-likeness (QED) is 0.412. The number of carbonyl (C=O) groups excluding carboxylic acids is 1. The van der Waals surface area contributed by atoms with E-state index in [1.54, 1.807) is 18.2 Å². The minimum Gasteiger partial charge on any atom is -0.493 e. The summed E-state index contributed by atoms with van der Waals surface area (Å²) in [5.41, 5.74) is 4.13. The van der Waals surface area contributed by atoms with Crippen molar-refractivity contribution in [3.63, 3.8) is 0 Å². The highest BCUT2D eigenvalue weighted by Crippen LogP contribution is 2.29. The normalized spacial score (nSPS) is 10.8. The third kappa shape index (κ3) is 5.80. The average molecular weight is 438 g/mol. The lowest BCUT2D eigenvalue weighted by molar-refractivity contribution is 0.102. The highest BCUT2D eigenvalue weighted by atomic mass is 35.5. The van der Waals surface area contributed by atoms with Gasteiger partial charge in [-0.3, -0.25) is 4.79 Å². The first kappa shape index (κ1) is 22.7. The van der Waals surface area contributed by atoms with Gasteiger partial charge in [0.2, 0.25) is 0 Å². The number of hydrogen-bond acceptors (Lipinski definition) is 3. The molecule has 3 aromatic rings. The van der Waals surface area contributed by atoms with Gasteiger partial charge in [0.15, 0.2) is 0 Å². The molecule has 0 unspecified atom stereocenters. The summed E-state index contributed by atoms with van der Waals surface area (Å²) in [5.74, 6) is 1.70. The zero-order valence-electron chi connectivity index (χ0n) is 18.4. The summed E-state index contributed by atoms with van der Waals surface area (Å²) in [6, 6.07) is 18.8. The Hall–Kier alpha value is -2.98. The molecule has 0 heterocycles. The topological polar surface area (TPSA) is 47.6 Å². The number of ether oxygens (including phenoxy) is 2. The zero-order chi connectivity index (χ0) is 22.4. The Balaban J connectivity index is 1.83. The van der Waals surface area contributed by atoms with Crippen molar-refractivity contribution in [3.05, 3.63) is 87.9 Å². The van der Waals surface area contributed by atoms with Crippen molar-refractivity contribution < 1.29 is 14.3 Å². The maximum Gasteiger partial charge on any atom is 0.255 e. The van der Waals surface area contributed by atoms with Gasteiger partial charge in [0.1, 0.15) is 18.1 Å². The Bertz CT molecular complexity index is 1060. The number of anilines is 1. The fraction of sp³-hybridized carbons (Fsp3) is 0.269. The first-order chi connectivity index (χ1) is 14.9. The fourth-order valence-corrected chi connectivity index (χ4v) is 3.56. The Morgan fingerprint density at radius 2 is 1.77 bits per heavy atom. The van der Waals surface area contributed by atoms with E-state index in [1.165, 1.54) is 0 Å². The van der Waals surface area contributed by atoms with Crippen LogP contribution in [0.5, 0.6) is 11.5 Å². The van der Waals surface area contributed by atoms with Crippen LogP contribution in [0.1, 0.15) is 53.7 Å². The second-order valence-corrected chi connectivity index (χ2v) is 8.09. The van der Waals surface area contributed by atoms with Crippen LogP contribution in [0.15, 0.2) is 60.7 Å². The van der Waals surface area contributed by atoms with E-state index >= 15 is 0 Å². The first-order valence-corrected chi connectivity index (χ1v) is 10.8. The third-order valence-corrected chi connectivity index (χ3v) is 5.22. The molecular weight excluding hydrogens is 410 g/mol. The summed E-state index contributed by atoms with van der Waals surface area (Å²) >= 11 is 6.01. The number of nitrogens with one attached hydrogen (secondary N) is 1. The number of benzene rings is 3. The molecule has 162 valence electrons. The average Bonchev–Trinajstić information content (AvgIpc) is 2.75. The lowest BCUT2D eigenvalue weighted by Crippen LogP contribution is -2.14. The second-order valence-electron chi connectivity index (χ2n) is 7.65. The monoisotopic (exact) mass is 437 g/mol. The second kappa shape index (κ2) is 10.4. The van der Waals surface area contributed by atoms with Gasteiger partial charge < -0.3 is 14.8 Å². The van der Waals surface area contributed by atoms with Crippen LogP contribution in [0.25, 0.3) is 0 Å². The van der Waals surface area contributed by atoms with Crippen molar-refractivity contribution in [1.29, 1.82) is 0 Å². The Kier molecular flexibility index (Phi) is 7.59. The number of carbonyl (C=O) groups is 1. The van der Waals surface area contributed by atoms with Crippen LogP contribution in [0.2, 0.25) is 5.02 Å². The van der Waals surface area contributed by atoms with E-state index in [9.17, 15) is 4.79 Å². The third-order valence-electron chi connectivity index (χ3n) is 4.98. The molecule has 0 aromatic heterocycles. The van der Waals surface area contributed by atoms with E-state index in [0.717, 1.165) is 28.1 Å². The van der Waals surface area contributed by atoms with Crippen LogP contribution >= 0.6 is 11.6 Å². The standard InChI is InChI=1S/C26H28ClNO3/c1-5-30-24-13-10-19(26(29)28-23-12-11-21(27)14-18(23)4)15-20(24)16-31-25-9-7-6-8-22(25)17(2)3/h6-15,17H,5,16H2,1-4H3,(H,28,29). The van der Waals surface area contributed by atoms with Gasteiger partial charge in [-0.15, -0.1) is 0 Å². The summed E-state index contributed by atoms with van der Waals surface area (Å²) in [4.78, 5) is 12.9. The molecule has 0 bridgehead atoms. The van der Waals surface area contributed by atoms with Crippen molar-refractivity contribution >= 4 is 23.2 Å². The van der Waals surface area contributed by atoms with E-state index in [0.29, 0.717) is 35.5 Å². The Morgan fingerprint density at radius 1 is 1.00 bits per heavy atom. The van der Waals surface area contributed by atoms with Crippen LogP contribution in [0, 0.1) is 6.92 Å².